The van der Waals surface area contributed by atoms with Gasteiger partial charge in [0.25, 0.3) is 0 Å². The highest BCUT2D eigenvalue weighted by Crippen LogP contribution is 2.38. The Morgan fingerprint density at radius 1 is 0.639 bits per heavy atom. The summed E-state index contributed by atoms with van der Waals surface area (Å²) in [7, 11) is 0. The third kappa shape index (κ3) is 7.66. The van der Waals surface area contributed by atoms with Gasteiger partial charge in [0.1, 0.15) is 11.5 Å². The Labute approximate surface area is 211 Å². The molecule has 2 rings (SSSR count). The van der Waals surface area contributed by atoms with Crippen LogP contribution >= 0.6 is 0 Å². The second kappa shape index (κ2) is 12.3. The molecule has 36 heavy (non-hydrogen) atoms. The van der Waals surface area contributed by atoms with Crippen LogP contribution in [0.3, 0.4) is 0 Å². The average Bonchev–Trinajstić information content (AvgIpc) is 2.74. The minimum absolute atomic E-state index is 0.0986. The van der Waals surface area contributed by atoms with Crippen LogP contribution in [0.15, 0.2) is 24.3 Å². The van der Waals surface area contributed by atoms with Gasteiger partial charge in [-0.1, -0.05) is 27.7 Å². The topological polar surface area (TPSA) is 105 Å². The van der Waals surface area contributed by atoms with E-state index in [-0.39, 0.29) is 47.7 Å². The number of hydrogen-bond donors (Lipinski definition) is 0. The molecule has 0 bridgehead atoms. The molecule has 0 spiro atoms. The molecule has 0 fully saturated rings. The lowest BCUT2D eigenvalue weighted by Gasteiger charge is -2.20. The first kappa shape index (κ1) is 28.6. The molecule has 0 heterocycles. The van der Waals surface area contributed by atoms with Crippen LogP contribution in [0.5, 0.6) is 11.5 Å². The monoisotopic (exact) mass is 498 g/mol. The van der Waals surface area contributed by atoms with Crippen molar-refractivity contribution in [1.29, 1.82) is 0 Å². The maximum atomic E-state index is 13.2. The highest BCUT2D eigenvalue weighted by Gasteiger charge is 2.26. The van der Waals surface area contributed by atoms with Gasteiger partial charge in [0.15, 0.2) is 0 Å². The van der Waals surface area contributed by atoms with Gasteiger partial charge >= 0.3 is 23.9 Å². The molecule has 0 aliphatic carbocycles. The maximum Gasteiger partial charge on any atom is 0.338 e. The number of carbonyl (C=O) groups is 4. The van der Waals surface area contributed by atoms with Crippen LogP contribution in [0.25, 0.3) is 11.1 Å². The fourth-order valence-corrected chi connectivity index (χ4v) is 3.58. The molecule has 194 valence electrons. The lowest BCUT2D eigenvalue weighted by Crippen LogP contribution is -2.16. The zero-order valence-corrected chi connectivity index (χ0v) is 22.1. The largest absolute Gasteiger partial charge is 0.462 e. The zero-order valence-electron chi connectivity index (χ0n) is 22.1. The lowest BCUT2D eigenvalue weighted by atomic mass is 9.88. The van der Waals surface area contributed by atoms with Crippen molar-refractivity contribution in [3.63, 3.8) is 0 Å². The molecule has 0 aliphatic heterocycles. The van der Waals surface area contributed by atoms with Crippen molar-refractivity contribution in [2.75, 3.05) is 13.2 Å². The molecular weight excluding hydrogens is 464 g/mol. The van der Waals surface area contributed by atoms with E-state index >= 15 is 0 Å². The number of rotatable bonds is 9. The summed E-state index contributed by atoms with van der Waals surface area (Å²) in [6.45, 7) is 14.0. The predicted octanol–water partition coefficient (Wildman–Crippen LogP) is 5.45. The molecule has 8 nitrogen and oxygen atoms in total. The van der Waals surface area contributed by atoms with Crippen molar-refractivity contribution in [2.24, 2.45) is 11.8 Å². The fourth-order valence-electron chi connectivity index (χ4n) is 3.58. The van der Waals surface area contributed by atoms with Gasteiger partial charge in [-0.2, -0.15) is 0 Å². The predicted molar refractivity (Wildman–Crippen MR) is 134 cm³/mol. The van der Waals surface area contributed by atoms with E-state index in [0.717, 1.165) is 0 Å². The summed E-state index contributed by atoms with van der Waals surface area (Å²) in [5.41, 5.74) is 2.28. The smallest absolute Gasteiger partial charge is 0.338 e. The summed E-state index contributed by atoms with van der Waals surface area (Å²) in [5, 5.41) is 0. The normalized spacial score (nSPS) is 10.8. The Morgan fingerprint density at radius 3 is 1.25 bits per heavy atom. The van der Waals surface area contributed by atoms with Crippen LogP contribution < -0.4 is 9.47 Å². The van der Waals surface area contributed by atoms with E-state index in [4.69, 9.17) is 18.9 Å². The third-order valence-electron chi connectivity index (χ3n) is 4.93. The molecule has 0 atom stereocenters. The van der Waals surface area contributed by atoms with Crippen LogP contribution in [0, 0.1) is 25.7 Å². The summed E-state index contributed by atoms with van der Waals surface area (Å²) in [6.07, 6.45) is 0. The van der Waals surface area contributed by atoms with Gasteiger partial charge in [0, 0.05) is 25.0 Å². The molecule has 0 aromatic heterocycles. The minimum Gasteiger partial charge on any atom is -0.462 e. The summed E-state index contributed by atoms with van der Waals surface area (Å²) in [4.78, 5) is 49.6. The third-order valence-corrected chi connectivity index (χ3v) is 4.93. The Balaban J connectivity index is 2.82. The summed E-state index contributed by atoms with van der Waals surface area (Å²) < 4.78 is 21.5. The SMILES string of the molecule is CC(=O)Oc1cc(C)c(-c2c(C)cc(OC(C)=O)cc2C(=O)OCC(C)C)c(C(=O)OCC(C)C)c1. The Bertz CT molecular complexity index is 1070. The van der Waals surface area contributed by atoms with E-state index in [1.54, 1.807) is 26.0 Å². The Morgan fingerprint density at radius 2 is 0.972 bits per heavy atom. The van der Waals surface area contributed by atoms with Crippen molar-refractivity contribution in [2.45, 2.75) is 55.4 Å². The van der Waals surface area contributed by atoms with Gasteiger partial charge in [-0.05, 0) is 61.1 Å². The molecule has 0 saturated heterocycles. The molecule has 0 aliphatic rings. The highest BCUT2D eigenvalue weighted by molar-refractivity contribution is 6.05. The Hall–Kier alpha value is -3.68. The van der Waals surface area contributed by atoms with E-state index in [9.17, 15) is 19.2 Å². The second-order valence-electron chi connectivity index (χ2n) is 9.50. The number of esters is 4. The highest BCUT2D eigenvalue weighted by atomic mass is 16.5. The van der Waals surface area contributed by atoms with E-state index in [1.807, 2.05) is 27.7 Å². The second-order valence-corrected chi connectivity index (χ2v) is 9.50. The minimum atomic E-state index is -0.624. The molecule has 0 amide bonds. The first-order valence-corrected chi connectivity index (χ1v) is 11.8. The summed E-state index contributed by atoms with van der Waals surface area (Å²) in [5.74, 6) is -1.77. The van der Waals surface area contributed by atoms with Crippen molar-refractivity contribution >= 4 is 23.9 Å². The standard InChI is InChI=1S/C28H34O8/c1-15(2)13-33-27(31)23-11-21(35-19(7)29)9-17(5)25(23)26-18(6)10-22(36-20(8)30)12-24(26)28(32)34-14-16(3)4/h9-12,15-16H,13-14H2,1-8H3. The molecule has 0 unspecified atom stereocenters. The van der Waals surface area contributed by atoms with E-state index in [1.165, 1.54) is 26.0 Å². The number of hydrogen-bond acceptors (Lipinski definition) is 8. The van der Waals surface area contributed by atoms with Gasteiger partial charge in [-0.3, -0.25) is 9.59 Å². The fraction of sp³-hybridized carbons (Fsp3) is 0.429. The van der Waals surface area contributed by atoms with E-state index in [2.05, 4.69) is 0 Å². The summed E-state index contributed by atoms with van der Waals surface area (Å²) in [6, 6.07) is 6.07. The average molecular weight is 499 g/mol. The summed E-state index contributed by atoms with van der Waals surface area (Å²) >= 11 is 0. The maximum absolute atomic E-state index is 13.2. The van der Waals surface area contributed by atoms with E-state index in [0.29, 0.717) is 22.3 Å². The van der Waals surface area contributed by atoms with Crippen LogP contribution in [0.2, 0.25) is 0 Å². The first-order valence-electron chi connectivity index (χ1n) is 11.8. The molecule has 0 radical (unpaired) electrons. The number of carbonyl (C=O) groups excluding carboxylic acids is 4. The molecule has 8 heteroatoms. The molecule has 2 aromatic carbocycles. The van der Waals surface area contributed by atoms with Crippen molar-refractivity contribution in [3.8, 4) is 22.6 Å². The first-order chi connectivity index (χ1) is 16.8. The van der Waals surface area contributed by atoms with Gasteiger partial charge in [-0.25, -0.2) is 9.59 Å². The lowest BCUT2D eigenvalue weighted by molar-refractivity contribution is -0.132. The van der Waals surface area contributed by atoms with E-state index < -0.39 is 23.9 Å². The quantitative estimate of drug-likeness (QED) is 0.332. The van der Waals surface area contributed by atoms with Crippen molar-refractivity contribution in [1.82, 2.24) is 0 Å². The molecule has 2 aromatic rings. The number of benzene rings is 2. The van der Waals surface area contributed by atoms with Crippen LogP contribution in [0.4, 0.5) is 0 Å². The van der Waals surface area contributed by atoms with Crippen LogP contribution in [-0.2, 0) is 19.1 Å². The zero-order chi connectivity index (χ0) is 27.2. The van der Waals surface area contributed by atoms with Gasteiger partial charge in [0.2, 0.25) is 0 Å². The Kier molecular flexibility index (Phi) is 9.78. The van der Waals surface area contributed by atoms with Crippen LogP contribution in [0.1, 0.15) is 73.4 Å². The molecular formula is C28H34O8. The molecule has 0 N–H and O–H groups in total. The van der Waals surface area contributed by atoms with Gasteiger partial charge in [0.05, 0.1) is 24.3 Å². The van der Waals surface area contributed by atoms with Crippen LogP contribution in [-0.4, -0.2) is 37.1 Å². The number of ether oxygens (including phenoxy) is 4. The molecule has 0 saturated carbocycles. The van der Waals surface area contributed by atoms with Gasteiger partial charge < -0.3 is 18.9 Å². The van der Waals surface area contributed by atoms with Gasteiger partial charge in [-0.15, -0.1) is 0 Å². The van der Waals surface area contributed by atoms with Crippen molar-refractivity contribution < 1.29 is 38.1 Å². The number of aryl methyl sites for hydroxylation is 2. The van der Waals surface area contributed by atoms with Crippen molar-refractivity contribution in [3.05, 3.63) is 46.5 Å².